The lowest BCUT2D eigenvalue weighted by atomic mass is 10.0. The number of aryl methyl sites for hydroxylation is 2. The van der Waals surface area contributed by atoms with Crippen LogP contribution in [0.5, 0.6) is 0 Å². The molecule has 0 aliphatic heterocycles. The number of aromatic nitrogens is 1. The SMILES string of the molecule is C#CCN(c1ccc(NS(=O)(=O)c2c(C)c(C)cc(C)c2C)c2cccnc12)[C@@H](C)CC(=O)O. The standard InChI is InChI=1S/C26H29N3O4S/c1-7-13-29(18(4)15-24(30)31)23-11-10-22(21-9-8-12-27-25(21)23)28-34(32,33)26-19(5)16(2)14-17(3)20(26)6/h1,8-12,14,18,28H,13,15H2,2-6H3,(H,30,31)/t18-/m0/s1. The topological polar surface area (TPSA) is 99.6 Å². The van der Waals surface area contributed by atoms with Gasteiger partial charge >= 0.3 is 5.97 Å². The number of benzene rings is 2. The maximum Gasteiger partial charge on any atom is 0.305 e. The van der Waals surface area contributed by atoms with Crippen molar-refractivity contribution in [1.29, 1.82) is 0 Å². The minimum Gasteiger partial charge on any atom is -0.481 e. The second-order valence-electron chi connectivity index (χ2n) is 8.51. The van der Waals surface area contributed by atoms with Crippen LogP contribution in [0, 0.1) is 40.0 Å². The molecule has 0 bridgehead atoms. The van der Waals surface area contributed by atoms with Gasteiger partial charge in [0.2, 0.25) is 0 Å². The first-order chi connectivity index (χ1) is 16.0. The second kappa shape index (κ2) is 9.74. The number of aliphatic carboxylic acids is 1. The highest BCUT2D eigenvalue weighted by atomic mass is 32.2. The Labute approximate surface area is 200 Å². The van der Waals surface area contributed by atoms with E-state index in [1.807, 2.05) is 19.9 Å². The molecular formula is C26H29N3O4S. The molecule has 0 fully saturated rings. The van der Waals surface area contributed by atoms with Gasteiger partial charge in [-0.25, -0.2) is 8.42 Å². The van der Waals surface area contributed by atoms with Crippen LogP contribution in [0.4, 0.5) is 11.4 Å². The molecule has 0 aliphatic carbocycles. The Morgan fingerprint density at radius 3 is 2.41 bits per heavy atom. The van der Waals surface area contributed by atoms with E-state index in [9.17, 15) is 18.3 Å². The van der Waals surface area contributed by atoms with E-state index in [1.165, 1.54) is 0 Å². The fourth-order valence-corrected chi connectivity index (χ4v) is 5.90. The highest BCUT2D eigenvalue weighted by molar-refractivity contribution is 7.92. The summed E-state index contributed by atoms with van der Waals surface area (Å²) in [6.45, 7) is 9.37. The predicted octanol–water partition coefficient (Wildman–Crippen LogP) is 4.57. The van der Waals surface area contributed by atoms with Crippen molar-refractivity contribution in [3.63, 3.8) is 0 Å². The third kappa shape index (κ3) is 4.85. The number of sulfonamides is 1. The third-order valence-corrected chi connectivity index (χ3v) is 7.77. The number of hydrogen-bond donors (Lipinski definition) is 2. The minimum absolute atomic E-state index is 0.102. The molecule has 0 aliphatic rings. The van der Waals surface area contributed by atoms with Gasteiger partial charge in [0.05, 0.1) is 34.8 Å². The molecule has 0 unspecified atom stereocenters. The van der Waals surface area contributed by atoms with Crippen molar-refractivity contribution in [1.82, 2.24) is 4.98 Å². The van der Waals surface area contributed by atoms with E-state index >= 15 is 0 Å². The average Bonchev–Trinajstić information content (AvgIpc) is 2.76. The molecule has 0 radical (unpaired) electrons. The molecule has 3 aromatic rings. The average molecular weight is 480 g/mol. The summed E-state index contributed by atoms with van der Waals surface area (Å²) in [5.74, 6) is 1.64. The van der Waals surface area contributed by atoms with E-state index in [0.29, 0.717) is 33.4 Å². The predicted molar refractivity (Wildman–Crippen MR) is 136 cm³/mol. The molecule has 8 heteroatoms. The molecule has 0 spiro atoms. The van der Waals surface area contributed by atoms with Crippen LogP contribution in [-0.2, 0) is 14.8 Å². The highest BCUT2D eigenvalue weighted by Gasteiger charge is 2.25. The van der Waals surface area contributed by atoms with Crippen LogP contribution in [0.25, 0.3) is 10.9 Å². The molecule has 3 rings (SSSR count). The van der Waals surface area contributed by atoms with Crippen LogP contribution in [0.2, 0.25) is 0 Å². The van der Waals surface area contributed by atoms with Gasteiger partial charge in [-0.1, -0.05) is 12.0 Å². The Kier molecular flexibility index (Phi) is 7.18. The summed E-state index contributed by atoms with van der Waals surface area (Å²) < 4.78 is 29.8. The summed E-state index contributed by atoms with van der Waals surface area (Å²) in [6.07, 6.45) is 7.07. The molecule has 2 aromatic carbocycles. The number of hydrogen-bond acceptors (Lipinski definition) is 5. The number of pyridine rings is 1. The van der Waals surface area contributed by atoms with Crippen molar-refractivity contribution in [2.45, 2.75) is 52.0 Å². The van der Waals surface area contributed by atoms with Gasteiger partial charge in [0, 0.05) is 17.6 Å². The van der Waals surface area contributed by atoms with Crippen LogP contribution < -0.4 is 9.62 Å². The van der Waals surface area contributed by atoms with Crippen molar-refractivity contribution in [3.8, 4) is 12.3 Å². The number of carbonyl (C=O) groups is 1. The van der Waals surface area contributed by atoms with E-state index in [4.69, 9.17) is 6.42 Å². The van der Waals surface area contributed by atoms with Crippen molar-refractivity contribution >= 4 is 38.3 Å². The summed E-state index contributed by atoms with van der Waals surface area (Å²) in [4.78, 5) is 17.8. The monoisotopic (exact) mass is 479 g/mol. The summed E-state index contributed by atoms with van der Waals surface area (Å²) in [5.41, 5.74) is 4.78. The van der Waals surface area contributed by atoms with Gasteiger partial charge in [0.15, 0.2) is 0 Å². The third-order valence-electron chi connectivity index (χ3n) is 6.13. The minimum atomic E-state index is -3.89. The quantitative estimate of drug-likeness (QED) is 0.459. The summed E-state index contributed by atoms with van der Waals surface area (Å²) >= 11 is 0. The first-order valence-corrected chi connectivity index (χ1v) is 12.4. The number of fused-ring (bicyclic) bond motifs is 1. The van der Waals surface area contributed by atoms with Crippen LogP contribution in [0.15, 0.2) is 41.4 Å². The molecule has 7 nitrogen and oxygen atoms in total. The highest BCUT2D eigenvalue weighted by Crippen LogP contribution is 2.34. The zero-order valence-corrected chi connectivity index (χ0v) is 20.8. The fraction of sp³-hybridized carbons (Fsp3) is 0.308. The lowest BCUT2D eigenvalue weighted by Crippen LogP contribution is -2.35. The van der Waals surface area contributed by atoms with E-state index in [0.717, 1.165) is 11.1 Å². The molecule has 178 valence electrons. The number of rotatable bonds is 8. The Bertz CT molecular complexity index is 1380. The van der Waals surface area contributed by atoms with Gasteiger partial charge in [-0.15, -0.1) is 6.42 Å². The summed E-state index contributed by atoms with van der Waals surface area (Å²) in [6, 6.07) is 8.49. The Morgan fingerprint density at radius 1 is 1.18 bits per heavy atom. The van der Waals surface area contributed by atoms with Gasteiger partial charge in [-0.2, -0.15) is 0 Å². The molecular weight excluding hydrogens is 450 g/mol. The van der Waals surface area contributed by atoms with Crippen LogP contribution >= 0.6 is 0 Å². The van der Waals surface area contributed by atoms with Crippen molar-refractivity contribution in [2.24, 2.45) is 0 Å². The van der Waals surface area contributed by atoms with Gasteiger partial charge in [0.25, 0.3) is 10.0 Å². The first kappa shape index (κ1) is 25.1. The molecule has 34 heavy (non-hydrogen) atoms. The normalized spacial score (nSPS) is 12.2. The summed E-state index contributed by atoms with van der Waals surface area (Å²) in [7, 11) is -3.89. The van der Waals surface area contributed by atoms with E-state index in [1.54, 1.807) is 56.1 Å². The molecule has 0 amide bonds. The number of terminal acetylenes is 1. The Hall–Kier alpha value is -3.57. The van der Waals surface area contributed by atoms with Crippen molar-refractivity contribution in [3.05, 3.63) is 58.8 Å². The molecule has 0 saturated carbocycles. The summed E-state index contributed by atoms with van der Waals surface area (Å²) in [5, 5.41) is 9.84. The second-order valence-corrected chi connectivity index (χ2v) is 10.1. The number of nitrogens with zero attached hydrogens (tertiary/aromatic N) is 2. The molecule has 2 N–H and O–H groups in total. The van der Waals surface area contributed by atoms with Crippen molar-refractivity contribution < 1.29 is 18.3 Å². The number of anilines is 2. The zero-order chi connectivity index (χ0) is 25.2. The Morgan fingerprint density at radius 2 is 1.82 bits per heavy atom. The number of carboxylic acid groups (broad SMARTS) is 1. The maximum absolute atomic E-state index is 13.5. The van der Waals surface area contributed by atoms with E-state index in [-0.39, 0.29) is 23.9 Å². The maximum atomic E-state index is 13.5. The van der Waals surface area contributed by atoms with E-state index in [2.05, 4.69) is 15.6 Å². The van der Waals surface area contributed by atoms with Gasteiger partial charge in [-0.05, 0) is 81.1 Å². The Balaban J connectivity index is 2.14. The van der Waals surface area contributed by atoms with Crippen LogP contribution in [0.3, 0.4) is 0 Å². The van der Waals surface area contributed by atoms with Crippen LogP contribution in [0.1, 0.15) is 35.6 Å². The molecule has 1 heterocycles. The van der Waals surface area contributed by atoms with Gasteiger partial charge < -0.3 is 10.0 Å². The lowest BCUT2D eigenvalue weighted by Gasteiger charge is -2.29. The van der Waals surface area contributed by atoms with Gasteiger partial charge in [0.1, 0.15) is 0 Å². The van der Waals surface area contributed by atoms with Crippen molar-refractivity contribution in [2.75, 3.05) is 16.2 Å². The van der Waals surface area contributed by atoms with Crippen LogP contribution in [-0.4, -0.2) is 37.1 Å². The largest absolute Gasteiger partial charge is 0.481 e. The first-order valence-electron chi connectivity index (χ1n) is 10.9. The lowest BCUT2D eigenvalue weighted by molar-refractivity contribution is -0.137. The molecule has 1 atom stereocenters. The fourth-order valence-electron chi connectivity index (χ4n) is 4.20. The molecule has 0 saturated heterocycles. The number of nitrogens with one attached hydrogen (secondary N) is 1. The van der Waals surface area contributed by atoms with E-state index < -0.39 is 16.0 Å². The van der Waals surface area contributed by atoms with Gasteiger partial charge in [-0.3, -0.25) is 14.5 Å². The number of carboxylic acids is 1. The smallest absolute Gasteiger partial charge is 0.305 e. The zero-order valence-electron chi connectivity index (χ0n) is 20.0. The molecule has 1 aromatic heterocycles.